The summed E-state index contributed by atoms with van der Waals surface area (Å²) in [5.41, 5.74) is 5.94. The second kappa shape index (κ2) is 7.92. The summed E-state index contributed by atoms with van der Waals surface area (Å²) in [7, 11) is 0. The molecule has 0 aliphatic rings. The lowest BCUT2D eigenvalue weighted by molar-refractivity contribution is 0.467. The maximum atomic E-state index is 5.94. The van der Waals surface area contributed by atoms with Gasteiger partial charge in [-0.05, 0) is 55.5 Å². The van der Waals surface area contributed by atoms with Crippen molar-refractivity contribution in [2.45, 2.75) is 13.0 Å². The van der Waals surface area contributed by atoms with E-state index in [1.54, 1.807) is 11.3 Å². The zero-order valence-electron chi connectivity index (χ0n) is 14.7. The summed E-state index contributed by atoms with van der Waals surface area (Å²) in [5, 5.41) is 0.609. The van der Waals surface area contributed by atoms with Crippen LogP contribution in [0.25, 0.3) is 9.75 Å². The van der Waals surface area contributed by atoms with Crippen molar-refractivity contribution in [3.05, 3.63) is 77.8 Å². The number of hydrogen-bond acceptors (Lipinski definition) is 6. The van der Waals surface area contributed by atoms with Crippen LogP contribution in [0.4, 0.5) is 0 Å². The van der Waals surface area contributed by atoms with Gasteiger partial charge in [0.2, 0.25) is 0 Å². The monoisotopic (exact) mass is 394 g/mol. The Hall–Kier alpha value is -2.67. The molecule has 0 amide bonds. The summed E-state index contributed by atoms with van der Waals surface area (Å²) in [6.45, 7) is 1.99. The van der Waals surface area contributed by atoms with E-state index < -0.39 is 0 Å². The first-order valence-electron chi connectivity index (χ1n) is 8.50. The Morgan fingerprint density at radius 3 is 2.11 bits per heavy atom. The van der Waals surface area contributed by atoms with Crippen molar-refractivity contribution < 1.29 is 9.47 Å². The van der Waals surface area contributed by atoms with Crippen LogP contribution < -0.4 is 15.2 Å². The summed E-state index contributed by atoms with van der Waals surface area (Å²) < 4.78 is 11.7. The van der Waals surface area contributed by atoms with E-state index >= 15 is 0 Å². The van der Waals surface area contributed by atoms with Gasteiger partial charge >= 0.3 is 0 Å². The molecule has 1 atom stereocenters. The lowest BCUT2D eigenvalue weighted by Crippen LogP contribution is -2.01. The van der Waals surface area contributed by atoms with E-state index in [4.69, 9.17) is 15.2 Å². The van der Waals surface area contributed by atoms with Crippen LogP contribution in [0, 0.1) is 0 Å². The van der Waals surface area contributed by atoms with E-state index in [9.17, 15) is 0 Å². The van der Waals surface area contributed by atoms with E-state index in [0.717, 1.165) is 31.9 Å². The SMILES string of the molecule is CC(N)c1ccc(-c2cnc(Oc3ccc(Oc4ccccc4)cc3)s2)s1. The molecule has 2 heterocycles. The van der Waals surface area contributed by atoms with Crippen LogP contribution >= 0.6 is 22.7 Å². The molecule has 2 aromatic carbocycles. The topological polar surface area (TPSA) is 57.4 Å². The molecule has 4 aromatic rings. The Kier molecular flexibility index (Phi) is 5.20. The zero-order valence-corrected chi connectivity index (χ0v) is 16.3. The lowest BCUT2D eigenvalue weighted by atomic mass is 10.3. The predicted octanol–water partition coefficient (Wildman–Crippen LogP) is 6.48. The highest BCUT2D eigenvalue weighted by atomic mass is 32.1. The average Bonchev–Trinajstić information content (AvgIpc) is 3.34. The van der Waals surface area contributed by atoms with Crippen molar-refractivity contribution in [1.29, 1.82) is 0 Å². The quantitative estimate of drug-likeness (QED) is 0.407. The number of benzene rings is 2. The van der Waals surface area contributed by atoms with Gasteiger partial charge < -0.3 is 15.2 Å². The molecule has 27 heavy (non-hydrogen) atoms. The normalized spacial score (nSPS) is 11.9. The molecule has 0 spiro atoms. The first-order chi connectivity index (χ1) is 13.2. The summed E-state index contributed by atoms with van der Waals surface area (Å²) in [5.74, 6) is 2.28. The van der Waals surface area contributed by atoms with Gasteiger partial charge in [-0.15, -0.1) is 11.3 Å². The van der Waals surface area contributed by atoms with Crippen LogP contribution in [0.1, 0.15) is 17.8 Å². The Morgan fingerprint density at radius 1 is 0.778 bits per heavy atom. The summed E-state index contributed by atoms with van der Waals surface area (Å²) in [4.78, 5) is 7.76. The fraction of sp³-hybridized carbons (Fsp3) is 0.0952. The van der Waals surface area contributed by atoms with Crippen LogP contribution in [0.5, 0.6) is 22.4 Å². The zero-order chi connectivity index (χ0) is 18.6. The van der Waals surface area contributed by atoms with Crippen molar-refractivity contribution >= 4 is 22.7 Å². The largest absolute Gasteiger partial charge is 0.457 e. The molecule has 1 unspecified atom stereocenters. The molecular formula is C21H18N2O2S2. The van der Waals surface area contributed by atoms with Crippen LogP contribution in [0.3, 0.4) is 0 Å². The predicted molar refractivity (Wildman–Crippen MR) is 111 cm³/mol. The van der Waals surface area contributed by atoms with Crippen molar-refractivity contribution in [1.82, 2.24) is 4.98 Å². The Morgan fingerprint density at radius 2 is 1.44 bits per heavy atom. The molecule has 0 radical (unpaired) electrons. The fourth-order valence-electron chi connectivity index (χ4n) is 2.45. The minimum Gasteiger partial charge on any atom is -0.457 e. The van der Waals surface area contributed by atoms with Crippen molar-refractivity contribution in [3.63, 3.8) is 0 Å². The molecule has 0 aliphatic carbocycles. The van der Waals surface area contributed by atoms with Gasteiger partial charge in [0.1, 0.15) is 17.2 Å². The number of para-hydroxylation sites is 1. The number of thiazole rings is 1. The molecule has 6 heteroatoms. The van der Waals surface area contributed by atoms with Gasteiger partial charge in [0.25, 0.3) is 5.19 Å². The third-order valence-electron chi connectivity index (χ3n) is 3.81. The number of nitrogens with two attached hydrogens (primary N) is 1. The van der Waals surface area contributed by atoms with E-state index in [-0.39, 0.29) is 6.04 Å². The number of hydrogen-bond donors (Lipinski definition) is 1. The Balaban J connectivity index is 1.42. The van der Waals surface area contributed by atoms with E-state index in [2.05, 4.69) is 17.1 Å². The highest BCUT2D eigenvalue weighted by Gasteiger charge is 2.11. The van der Waals surface area contributed by atoms with Gasteiger partial charge in [0, 0.05) is 15.8 Å². The number of thiophene rings is 1. The van der Waals surface area contributed by atoms with Crippen molar-refractivity contribution in [3.8, 4) is 32.2 Å². The molecule has 0 aliphatic heterocycles. The van der Waals surface area contributed by atoms with Gasteiger partial charge in [0.15, 0.2) is 0 Å². The molecule has 2 aromatic heterocycles. The molecule has 0 saturated heterocycles. The maximum absolute atomic E-state index is 5.94. The van der Waals surface area contributed by atoms with E-state index in [1.165, 1.54) is 11.3 Å². The smallest absolute Gasteiger partial charge is 0.279 e. The molecule has 4 nitrogen and oxygen atoms in total. The van der Waals surface area contributed by atoms with Gasteiger partial charge in [0.05, 0.1) is 11.1 Å². The molecule has 0 saturated carbocycles. The van der Waals surface area contributed by atoms with Gasteiger partial charge in [-0.2, -0.15) is 0 Å². The van der Waals surface area contributed by atoms with Crippen LogP contribution in [-0.2, 0) is 0 Å². The number of rotatable bonds is 6. The highest BCUT2D eigenvalue weighted by Crippen LogP contribution is 2.38. The van der Waals surface area contributed by atoms with Crippen molar-refractivity contribution in [2.24, 2.45) is 5.73 Å². The van der Waals surface area contributed by atoms with Gasteiger partial charge in [-0.1, -0.05) is 29.5 Å². The first kappa shape index (κ1) is 17.7. The number of ether oxygens (including phenoxy) is 2. The molecule has 0 bridgehead atoms. The molecular weight excluding hydrogens is 376 g/mol. The third kappa shape index (κ3) is 4.36. The number of nitrogens with zero attached hydrogens (tertiary/aromatic N) is 1. The van der Waals surface area contributed by atoms with E-state index in [1.807, 2.05) is 67.7 Å². The van der Waals surface area contributed by atoms with E-state index in [0.29, 0.717) is 5.19 Å². The van der Waals surface area contributed by atoms with Crippen LogP contribution in [0.2, 0.25) is 0 Å². The highest BCUT2D eigenvalue weighted by molar-refractivity contribution is 7.22. The van der Waals surface area contributed by atoms with Gasteiger partial charge in [-0.25, -0.2) is 4.98 Å². The minimum absolute atomic E-state index is 0.0454. The van der Waals surface area contributed by atoms with Crippen LogP contribution in [-0.4, -0.2) is 4.98 Å². The Labute approximate surface area is 165 Å². The Bertz CT molecular complexity index is 1010. The van der Waals surface area contributed by atoms with Crippen LogP contribution in [0.15, 0.2) is 72.9 Å². The van der Waals surface area contributed by atoms with Crippen molar-refractivity contribution in [2.75, 3.05) is 0 Å². The molecule has 4 rings (SSSR count). The minimum atomic E-state index is 0.0454. The summed E-state index contributed by atoms with van der Waals surface area (Å²) in [6, 6.07) is 21.4. The molecule has 2 N–H and O–H groups in total. The first-order valence-corrected chi connectivity index (χ1v) is 10.1. The summed E-state index contributed by atoms with van der Waals surface area (Å²) in [6.07, 6.45) is 1.84. The summed E-state index contributed by atoms with van der Waals surface area (Å²) >= 11 is 3.21. The second-order valence-corrected chi connectivity index (χ2v) is 8.08. The standard InChI is InChI=1S/C21H18N2O2S2/c1-14(22)18-11-12-19(26-18)20-13-23-21(27-20)25-17-9-7-16(8-10-17)24-15-5-3-2-4-6-15/h2-14H,22H2,1H3. The third-order valence-corrected chi connectivity index (χ3v) is 6.17. The fourth-order valence-corrected chi connectivity index (χ4v) is 4.27. The average molecular weight is 395 g/mol. The molecule has 0 fully saturated rings. The molecule has 136 valence electrons. The number of aromatic nitrogens is 1. The second-order valence-electron chi connectivity index (χ2n) is 5.97. The van der Waals surface area contributed by atoms with Gasteiger partial charge in [-0.3, -0.25) is 0 Å². The maximum Gasteiger partial charge on any atom is 0.279 e. The lowest BCUT2D eigenvalue weighted by Gasteiger charge is -2.06.